The molecule has 90 valence electrons. The molecule has 0 aliphatic carbocycles. The topological polar surface area (TPSA) is 50.4 Å². The lowest BCUT2D eigenvalue weighted by atomic mass is 9.97. The van der Waals surface area contributed by atoms with Crippen molar-refractivity contribution in [1.82, 2.24) is 10.6 Å². The first-order valence-corrected chi connectivity index (χ1v) is 5.40. The third-order valence-electron chi connectivity index (χ3n) is 2.46. The summed E-state index contributed by atoms with van der Waals surface area (Å²) in [5, 5.41) is 6.14. The molecule has 0 bridgehead atoms. The first-order valence-electron chi connectivity index (χ1n) is 5.40. The van der Waals surface area contributed by atoms with Gasteiger partial charge in [0.25, 0.3) is 0 Å². The van der Waals surface area contributed by atoms with Gasteiger partial charge >= 0.3 is 0 Å². The SMILES string of the molecule is CCOCCNC(=O)C1CCNCC1.Cl. The van der Waals surface area contributed by atoms with Crippen LogP contribution < -0.4 is 10.6 Å². The van der Waals surface area contributed by atoms with E-state index >= 15 is 0 Å². The molecule has 0 atom stereocenters. The summed E-state index contributed by atoms with van der Waals surface area (Å²) in [6.07, 6.45) is 1.92. The average molecular weight is 237 g/mol. The maximum Gasteiger partial charge on any atom is 0.223 e. The molecule has 15 heavy (non-hydrogen) atoms. The van der Waals surface area contributed by atoms with E-state index in [2.05, 4.69) is 10.6 Å². The number of piperidine rings is 1. The maximum absolute atomic E-state index is 11.6. The lowest BCUT2D eigenvalue weighted by molar-refractivity contribution is -0.125. The van der Waals surface area contributed by atoms with E-state index in [1.807, 2.05) is 6.92 Å². The van der Waals surface area contributed by atoms with Gasteiger partial charge in [0, 0.05) is 19.1 Å². The highest BCUT2D eigenvalue weighted by atomic mass is 35.5. The molecule has 1 aliphatic rings. The van der Waals surface area contributed by atoms with E-state index in [4.69, 9.17) is 4.74 Å². The average Bonchev–Trinajstić information content (AvgIpc) is 2.25. The fourth-order valence-corrected chi connectivity index (χ4v) is 1.62. The summed E-state index contributed by atoms with van der Waals surface area (Å²) in [4.78, 5) is 11.6. The van der Waals surface area contributed by atoms with Crippen LogP contribution in [-0.4, -0.2) is 38.8 Å². The molecule has 1 aliphatic heterocycles. The Morgan fingerprint density at radius 2 is 2.13 bits per heavy atom. The Morgan fingerprint density at radius 1 is 1.47 bits per heavy atom. The van der Waals surface area contributed by atoms with Crippen LogP contribution in [0.5, 0.6) is 0 Å². The van der Waals surface area contributed by atoms with Crippen molar-refractivity contribution in [1.29, 1.82) is 0 Å². The third-order valence-corrected chi connectivity index (χ3v) is 2.46. The van der Waals surface area contributed by atoms with Crippen molar-refractivity contribution < 1.29 is 9.53 Å². The monoisotopic (exact) mass is 236 g/mol. The molecule has 1 saturated heterocycles. The number of hydrogen-bond donors (Lipinski definition) is 2. The Bertz CT molecular complexity index is 173. The number of nitrogens with one attached hydrogen (secondary N) is 2. The number of carbonyl (C=O) groups is 1. The minimum absolute atomic E-state index is 0. The molecular formula is C10H21ClN2O2. The van der Waals surface area contributed by atoms with E-state index in [1.54, 1.807) is 0 Å². The van der Waals surface area contributed by atoms with Crippen molar-refractivity contribution in [3.05, 3.63) is 0 Å². The summed E-state index contributed by atoms with van der Waals surface area (Å²) in [6.45, 7) is 5.84. The number of hydrogen-bond acceptors (Lipinski definition) is 3. The third kappa shape index (κ3) is 5.97. The summed E-state index contributed by atoms with van der Waals surface area (Å²) < 4.78 is 5.14. The van der Waals surface area contributed by atoms with Crippen molar-refractivity contribution >= 4 is 18.3 Å². The lowest BCUT2D eigenvalue weighted by Crippen LogP contribution is -2.39. The van der Waals surface area contributed by atoms with Gasteiger partial charge in [0.1, 0.15) is 0 Å². The molecule has 1 fully saturated rings. The van der Waals surface area contributed by atoms with E-state index in [0.29, 0.717) is 19.8 Å². The molecule has 0 aromatic carbocycles. The molecule has 5 heteroatoms. The van der Waals surface area contributed by atoms with Crippen LogP contribution in [0.25, 0.3) is 0 Å². The quantitative estimate of drug-likeness (QED) is 0.686. The van der Waals surface area contributed by atoms with Gasteiger partial charge in [-0.15, -0.1) is 12.4 Å². The second-order valence-corrected chi connectivity index (χ2v) is 3.51. The molecule has 4 nitrogen and oxygen atoms in total. The van der Waals surface area contributed by atoms with Crippen LogP contribution in [0.2, 0.25) is 0 Å². The normalized spacial score (nSPS) is 16.9. The second-order valence-electron chi connectivity index (χ2n) is 3.51. The van der Waals surface area contributed by atoms with Crippen LogP contribution in [0.15, 0.2) is 0 Å². The molecule has 0 unspecified atom stereocenters. The highest BCUT2D eigenvalue weighted by molar-refractivity contribution is 5.85. The lowest BCUT2D eigenvalue weighted by Gasteiger charge is -2.21. The standard InChI is InChI=1S/C10H20N2O2.ClH/c1-2-14-8-7-12-10(13)9-3-5-11-6-4-9;/h9,11H,2-8H2,1H3,(H,12,13);1H. The molecule has 0 saturated carbocycles. The second kappa shape index (κ2) is 8.95. The minimum Gasteiger partial charge on any atom is -0.380 e. The molecular weight excluding hydrogens is 216 g/mol. The highest BCUT2D eigenvalue weighted by Gasteiger charge is 2.19. The Labute approximate surface area is 97.5 Å². The first-order chi connectivity index (χ1) is 6.84. The summed E-state index contributed by atoms with van der Waals surface area (Å²) in [5.74, 6) is 0.393. The van der Waals surface area contributed by atoms with E-state index in [0.717, 1.165) is 25.9 Å². The molecule has 0 aromatic rings. The van der Waals surface area contributed by atoms with Crippen LogP contribution in [0.3, 0.4) is 0 Å². The van der Waals surface area contributed by atoms with Crippen molar-refractivity contribution in [3.8, 4) is 0 Å². The van der Waals surface area contributed by atoms with Gasteiger partial charge in [0.2, 0.25) is 5.91 Å². The summed E-state index contributed by atoms with van der Waals surface area (Å²) in [7, 11) is 0. The van der Waals surface area contributed by atoms with Crippen LogP contribution in [-0.2, 0) is 9.53 Å². The highest BCUT2D eigenvalue weighted by Crippen LogP contribution is 2.10. The van der Waals surface area contributed by atoms with Crippen LogP contribution >= 0.6 is 12.4 Å². The fourth-order valence-electron chi connectivity index (χ4n) is 1.62. The molecule has 2 N–H and O–H groups in total. The Kier molecular flexibility index (Phi) is 8.76. The van der Waals surface area contributed by atoms with Gasteiger partial charge in [0.15, 0.2) is 0 Å². The van der Waals surface area contributed by atoms with Gasteiger partial charge in [0.05, 0.1) is 6.61 Å². The summed E-state index contributed by atoms with van der Waals surface area (Å²) in [6, 6.07) is 0. The smallest absolute Gasteiger partial charge is 0.223 e. The van der Waals surface area contributed by atoms with E-state index < -0.39 is 0 Å². The van der Waals surface area contributed by atoms with Crippen LogP contribution in [0.1, 0.15) is 19.8 Å². The van der Waals surface area contributed by atoms with Crippen LogP contribution in [0, 0.1) is 5.92 Å². The zero-order valence-corrected chi connectivity index (χ0v) is 10.1. The van der Waals surface area contributed by atoms with E-state index in [1.165, 1.54) is 0 Å². The Morgan fingerprint density at radius 3 is 2.73 bits per heavy atom. The van der Waals surface area contributed by atoms with Crippen molar-refractivity contribution in [2.24, 2.45) is 5.92 Å². The predicted octanol–water partition coefficient (Wildman–Crippen LogP) is 0.560. The van der Waals surface area contributed by atoms with Gasteiger partial charge in [-0.05, 0) is 32.9 Å². The molecule has 1 heterocycles. The Balaban J connectivity index is 0.00000196. The van der Waals surface area contributed by atoms with Gasteiger partial charge < -0.3 is 15.4 Å². The fraction of sp³-hybridized carbons (Fsp3) is 0.900. The van der Waals surface area contributed by atoms with E-state index in [-0.39, 0.29) is 24.2 Å². The van der Waals surface area contributed by atoms with E-state index in [9.17, 15) is 4.79 Å². The predicted molar refractivity (Wildman–Crippen MR) is 62.3 cm³/mol. The van der Waals surface area contributed by atoms with Gasteiger partial charge in [-0.1, -0.05) is 0 Å². The molecule has 0 radical (unpaired) electrons. The summed E-state index contributed by atoms with van der Waals surface area (Å²) >= 11 is 0. The number of ether oxygens (including phenoxy) is 1. The molecule has 1 amide bonds. The van der Waals surface area contributed by atoms with Gasteiger partial charge in [-0.2, -0.15) is 0 Å². The number of halogens is 1. The van der Waals surface area contributed by atoms with Crippen molar-refractivity contribution in [3.63, 3.8) is 0 Å². The van der Waals surface area contributed by atoms with Crippen molar-refractivity contribution in [2.75, 3.05) is 32.8 Å². The number of carbonyl (C=O) groups excluding carboxylic acids is 1. The molecule has 0 spiro atoms. The van der Waals surface area contributed by atoms with Gasteiger partial charge in [-0.25, -0.2) is 0 Å². The Hall–Kier alpha value is -0.320. The first kappa shape index (κ1) is 14.7. The number of rotatable bonds is 5. The zero-order valence-electron chi connectivity index (χ0n) is 9.25. The molecule has 1 rings (SSSR count). The van der Waals surface area contributed by atoms with Crippen LogP contribution in [0.4, 0.5) is 0 Å². The van der Waals surface area contributed by atoms with Crippen molar-refractivity contribution in [2.45, 2.75) is 19.8 Å². The van der Waals surface area contributed by atoms with Gasteiger partial charge in [-0.3, -0.25) is 4.79 Å². The zero-order chi connectivity index (χ0) is 10.2. The number of amides is 1. The molecule has 0 aromatic heterocycles. The largest absolute Gasteiger partial charge is 0.380 e. The maximum atomic E-state index is 11.6. The minimum atomic E-state index is 0. The summed E-state index contributed by atoms with van der Waals surface area (Å²) in [5.41, 5.74) is 0.